The Balaban J connectivity index is 1.61. The van der Waals surface area contributed by atoms with E-state index >= 15 is 0 Å². The summed E-state index contributed by atoms with van der Waals surface area (Å²) in [6.45, 7) is 4.08. The summed E-state index contributed by atoms with van der Waals surface area (Å²) >= 11 is 0. The summed E-state index contributed by atoms with van der Waals surface area (Å²) in [6.07, 6.45) is 10.0. The van der Waals surface area contributed by atoms with Crippen molar-refractivity contribution in [2.45, 2.75) is 39.5 Å². The number of carbonyl (C=O) groups excluding carboxylic acids is 2. The quantitative estimate of drug-likeness (QED) is 0.217. The number of nitrogens with zero attached hydrogens (tertiary/aromatic N) is 2. The van der Waals surface area contributed by atoms with E-state index in [4.69, 9.17) is 13.9 Å². The van der Waals surface area contributed by atoms with Crippen molar-refractivity contribution in [3.63, 3.8) is 0 Å². The summed E-state index contributed by atoms with van der Waals surface area (Å²) in [5.74, 6) is 0.702. The number of unbranched alkanes of at least 4 members (excludes halogenated alkanes) is 2. The van der Waals surface area contributed by atoms with Crippen LogP contribution in [0.5, 0.6) is 11.5 Å². The summed E-state index contributed by atoms with van der Waals surface area (Å²) in [5, 5.41) is 8.17. The molecule has 2 aromatic carbocycles. The topological polar surface area (TPSA) is 91.5 Å². The molecule has 0 N–H and O–H groups in total. The molecule has 3 rings (SSSR count). The Morgan fingerprint density at radius 1 is 0.727 bits per heavy atom. The van der Waals surface area contributed by atoms with Crippen LogP contribution in [-0.4, -0.2) is 22.1 Å². The highest BCUT2D eigenvalue weighted by Gasteiger charge is 2.12. The minimum atomic E-state index is -0.414. The van der Waals surface area contributed by atoms with Gasteiger partial charge >= 0.3 is 11.9 Å². The predicted octanol–water partition coefficient (Wildman–Crippen LogP) is 5.93. The molecule has 33 heavy (non-hydrogen) atoms. The van der Waals surface area contributed by atoms with Crippen LogP contribution >= 0.6 is 0 Å². The van der Waals surface area contributed by atoms with Crippen molar-refractivity contribution < 1.29 is 23.5 Å². The first-order valence-electron chi connectivity index (χ1n) is 10.9. The van der Waals surface area contributed by atoms with Crippen molar-refractivity contribution in [3.8, 4) is 34.4 Å². The molecule has 0 unspecified atom stereocenters. The first-order chi connectivity index (χ1) is 16.1. The molecule has 1 aromatic heterocycles. The second kappa shape index (κ2) is 12.1. The Morgan fingerprint density at radius 2 is 1.12 bits per heavy atom. The molecular formula is C26H26N2O5. The minimum absolute atomic E-state index is 0.335. The first kappa shape index (κ1) is 23.7. The van der Waals surface area contributed by atoms with Gasteiger partial charge in [0.2, 0.25) is 11.8 Å². The van der Waals surface area contributed by atoms with Crippen molar-refractivity contribution in [1.29, 1.82) is 0 Å². The minimum Gasteiger partial charge on any atom is -0.423 e. The third-order valence-electron chi connectivity index (χ3n) is 4.48. The number of aromatic nitrogens is 2. The number of hydrogen-bond acceptors (Lipinski definition) is 7. The van der Waals surface area contributed by atoms with E-state index in [2.05, 4.69) is 10.2 Å². The maximum atomic E-state index is 11.8. The van der Waals surface area contributed by atoms with Crippen molar-refractivity contribution in [1.82, 2.24) is 10.2 Å². The Labute approximate surface area is 192 Å². The highest BCUT2D eigenvalue weighted by atomic mass is 16.5. The Kier molecular flexibility index (Phi) is 8.71. The van der Waals surface area contributed by atoms with E-state index in [-0.39, 0.29) is 0 Å². The number of ether oxygens (including phenoxy) is 2. The lowest BCUT2D eigenvalue weighted by Crippen LogP contribution is -2.03. The van der Waals surface area contributed by atoms with Crippen molar-refractivity contribution in [3.05, 3.63) is 72.8 Å². The van der Waals surface area contributed by atoms with Gasteiger partial charge in [-0.3, -0.25) is 0 Å². The Bertz CT molecular complexity index is 1020. The average Bonchev–Trinajstić information content (AvgIpc) is 3.31. The molecule has 0 saturated heterocycles. The van der Waals surface area contributed by atoms with Crippen molar-refractivity contribution in [2.75, 3.05) is 0 Å². The van der Waals surface area contributed by atoms with Gasteiger partial charge in [0.1, 0.15) is 11.5 Å². The predicted molar refractivity (Wildman–Crippen MR) is 125 cm³/mol. The van der Waals surface area contributed by atoms with Crippen LogP contribution in [0.15, 0.2) is 77.3 Å². The van der Waals surface area contributed by atoms with Crippen LogP contribution in [0.2, 0.25) is 0 Å². The number of allylic oxidation sites excluding steroid dienone is 2. The highest BCUT2D eigenvalue weighted by molar-refractivity contribution is 5.84. The molecule has 0 aliphatic heterocycles. The largest absolute Gasteiger partial charge is 0.423 e. The van der Waals surface area contributed by atoms with Gasteiger partial charge in [0.25, 0.3) is 0 Å². The standard InChI is InChI=1S/C26H26N2O5/c1-3-5-7-9-23(29)31-21-15-11-19(12-16-21)25-27-28-26(33-25)20-13-17-22(18-14-20)32-24(30)10-8-6-4-2/h7-18H,3-6H2,1-2H3/b9-7+,10-8+. The molecule has 0 fully saturated rings. The van der Waals surface area contributed by atoms with Gasteiger partial charge in [-0.2, -0.15) is 0 Å². The van der Waals surface area contributed by atoms with Gasteiger partial charge in [-0.25, -0.2) is 9.59 Å². The second-order valence-corrected chi connectivity index (χ2v) is 7.19. The molecule has 0 amide bonds. The van der Waals surface area contributed by atoms with Crippen LogP contribution in [0.3, 0.4) is 0 Å². The first-order valence-corrected chi connectivity index (χ1v) is 10.9. The van der Waals surface area contributed by atoms with Crippen molar-refractivity contribution >= 4 is 11.9 Å². The number of benzene rings is 2. The van der Waals surface area contributed by atoms with Gasteiger partial charge in [0.15, 0.2) is 0 Å². The molecule has 0 saturated carbocycles. The third-order valence-corrected chi connectivity index (χ3v) is 4.48. The molecule has 0 radical (unpaired) electrons. The maximum absolute atomic E-state index is 11.8. The van der Waals surface area contributed by atoms with Gasteiger partial charge in [0.05, 0.1) is 0 Å². The van der Waals surface area contributed by atoms with Crippen LogP contribution in [0.1, 0.15) is 39.5 Å². The summed E-state index contributed by atoms with van der Waals surface area (Å²) in [6, 6.07) is 13.6. The molecule has 3 aromatic rings. The molecule has 1 heterocycles. The van der Waals surface area contributed by atoms with Crippen LogP contribution in [0.25, 0.3) is 22.9 Å². The molecule has 7 heteroatoms. The van der Waals surface area contributed by atoms with Crippen molar-refractivity contribution in [2.24, 2.45) is 0 Å². The fourth-order valence-electron chi connectivity index (χ4n) is 2.78. The summed E-state index contributed by atoms with van der Waals surface area (Å²) < 4.78 is 16.3. The van der Waals surface area contributed by atoms with Gasteiger partial charge in [0, 0.05) is 23.3 Å². The van der Waals surface area contributed by atoms with E-state index in [0.717, 1.165) is 25.7 Å². The van der Waals surface area contributed by atoms with Gasteiger partial charge in [-0.1, -0.05) is 38.8 Å². The summed E-state index contributed by atoms with van der Waals surface area (Å²) in [4.78, 5) is 23.5. The molecule has 0 aliphatic rings. The molecule has 0 bridgehead atoms. The number of esters is 2. The molecule has 0 spiro atoms. The molecular weight excluding hydrogens is 420 g/mol. The van der Waals surface area contributed by atoms with Crippen LogP contribution in [0.4, 0.5) is 0 Å². The third kappa shape index (κ3) is 7.28. The number of rotatable bonds is 10. The van der Waals surface area contributed by atoms with Gasteiger partial charge in [-0.15, -0.1) is 10.2 Å². The molecule has 0 aliphatic carbocycles. The van der Waals surface area contributed by atoms with E-state index in [1.807, 2.05) is 13.8 Å². The fraction of sp³-hybridized carbons (Fsp3) is 0.231. The zero-order valence-electron chi connectivity index (χ0n) is 18.7. The molecule has 7 nitrogen and oxygen atoms in total. The molecule has 0 atom stereocenters. The van der Waals surface area contributed by atoms with E-state index in [1.165, 1.54) is 12.2 Å². The van der Waals surface area contributed by atoms with Gasteiger partial charge < -0.3 is 13.9 Å². The zero-order valence-corrected chi connectivity index (χ0v) is 18.7. The fourth-order valence-corrected chi connectivity index (χ4v) is 2.78. The zero-order chi connectivity index (χ0) is 23.5. The average molecular weight is 447 g/mol. The van der Waals surface area contributed by atoms with E-state index in [9.17, 15) is 9.59 Å². The van der Waals surface area contributed by atoms with Crippen LogP contribution < -0.4 is 9.47 Å². The summed E-state index contributed by atoms with van der Waals surface area (Å²) in [7, 11) is 0. The number of hydrogen-bond donors (Lipinski definition) is 0. The number of carbonyl (C=O) groups is 2. The van der Waals surface area contributed by atoms with Crippen LogP contribution in [0, 0.1) is 0 Å². The Hall–Kier alpha value is -4.00. The Morgan fingerprint density at radius 3 is 1.48 bits per heavy atom. The lowest BCUT2D eigenvalue weighted by molar-refractivity contribution is -0.129. The lowest BCUT2D eigenvalue weighted by atomic mass is 10.2. The SMILES string of the molecule is CCC/C=C/C(=O)Oc1ccc(-c2nnc(-c3ccc(OC(=O)/C=C/CCC)cc3)o2)cc1. The van der Waals surface area contributed by atoms with E-state index in [0.29, 0.717) is 34.4 Å². The lowest BCUT2D eigenvalue weighted by Gasteiger charge is -2.02. The molecule has 170 valence electrons. The van der Waals surface area contributed by atoms with E-state index in [1.54, 1.807) is 60.7 Å². The smallest absolute Gasteiger partial charge is 0.335 e. The van der Waals surface area contributed by atoms with Gasteiger partial charge in [-0.05, 0) is 61.4 Å². The van der Waals surface area contributed by atoms with E-state index < -0.39 is 11.9 Å². The monoisotopic (exact) mass is 446 g/mol. The summed E-state index contributed by atoms with van der Waals surface area (Å²) in [5.41, 5.74) is 1.39. The highest BCUT2D eigenvalue weighted by Crippen LogP contribution is 2.26. The van der Waals surface area contributed by atoms with Crippen LogP contribution in [-0.2, 0) is 9.59 Å². The maximum Gasteiger partial charge on any atom is 0.335 e. The second-order valence-electron chi connectivity index (χ2n) is 7.19. The normalized spacial score (nSPS) is 11.2.